The fourth-order valence-electron chi connectivity index (χ4n) is 2.21. The average molecular weight is 317 g/mol. The number of carbonyl (C=O) groups is 1. The van der Waals surface area contributed by atoms with Gasteiger partial charge in [0.1, 0.15) is 0 Å². The SMILES string of the molecule is CS(=O)(=O)c1cccc(Cl)c1CNC1CCC(=O)NC1. The molecule has 7 heteroatoms. The van der Waals surface area contributed by atoms with Gasteiger partial charge < -0.3 is 10.6 Å². The topological polar surface area (TPSA) is 75.3 Å². The maximum Gasteiger partial charge on any atom is 0.220 e. The van der Waals surface area contributed by atoms with Crippen LogP contribution in [-0.2, 0) is 21.2 Å². The Morgan fingerprint density at radius 1 is 1.45 bits per heavy atom. The zero-order valence-corrected chi connectivity index (χ0v) is 12.7. The van der Waals surface area contributed by atoms with Crippen LogP contribution < -0.4 is 10.6 Å². The Labute approximate surface area is 123 Å². The highest BCUT2D eigenvalue weighted by Gasteiger charge is 2.20. The highest BCUT2D eigenvalue weighted by atomic mass is 35.5. The van der Waals surface area contributed by atoms with E-state index in [1.165, 1.54) is 6.26 Å². The molecule has 2 rings (SSSR count). The van der Waals surface area contributed by atoms with Crippen molar-refractivity contribution in [3.8, 4) is 0 Å². The second-order valence-electron chi connectivity index (χ2n) is 4.91. The molecule has 1 unspecified atom stereocenters. The molecule has 1 aromatic rings. The molecule has 1 aliphatic heterocycles. The molecule has 1 atom stereocenters. The van der Waals surface area contributed by atoms with E-state index in [2.05, 4.69) is 10.6 Å². The molecule has 0 radical (unpaired) electrons. The number of benzene rings is 1. The van der Waals surface area contributed by atoms with Gasteiger partial charge in [-0.05, 0) is 18.6 Å². The molecule has 1 aromatic carbocycles. The molecular formula is C13H17ClN2O3S. The predicted octanol–water partition coefficient (Wildman–Crippen LogP) is 1.11. The van der Waals surface area contributed by atoms with E-state index in [9.17, 15) is 13.2 Å². The van der Waals surface area contributed by atoms with Gasteiger partial charge in [0.05, 0.1) is 4.90 Å². The van der Waals surface area contributed by atoms with E-state index in [1.54, 1.807) is 18.2 Å². The first kappa shape index (κ1) is 15.3. The summed E-state index contributed by atoms with van der Waals surface area (Å²) in [5, 5.41) is 6.45. The molecule has 20 heavy (non-hydrogen) atoms. The highest BCUT2D eigenvalue weighted by Crippen LogP contribution is 2.24. The Morgan fingerprint density at radius 3 is 2.80 bits per heavy atom. The van der Waals surface area contributed by atoms with Crippen LogP contribution in [0, 0.1) is 0 Å². The highest BCUT2D eigenvalue weighted by molar-refractivity contribution is 7.90. The van der Waals surface area contributed by atoms with Crippen molar-refractivity contribution in [1.29, 1.82) is 0 Å². The van der Waals surface area contributed by atoms with Gasteiger partial charge in [-0.3, -0.25) is 4.79 Å². The Kier molecular flexibility index (Phi) is 4.67. The number of sulfone groups is 1. The lowest BCUT2D eigenvalue weighted by Gasteiger charge is -2.24. The lowest BCUT2D eigenvalue weighted by molar-refractivity contribution is -0.122. The van der Waals surface area contributed by atoms with Gasteiger partial charge >= 0.3 is 0 Å². The minimum Gasteiger partial charge on any atom is -0.355 e. The van der Waals surface area contributed by atoms with Crippen LogP contribution in [0.25, 0.3) is 0 Å². The molecule has 1 fully saturated rings. The predicted molar refractivity (Wildman–Crippen MR) is 77.4 cm³/mol. The van der Waals surface area contributed by atoms with Crippen molar-refractivity contribution in [2.45, 2.75) is 30.3 Å². The van der Waals surface area contributed by atoms with Crippen molar-refractivity contribution in [3.63, 3.8) is 0 Å². The van der Waals surface area contributed by atoms with Crippen LogP contribution in [0.4, 0.5) is 0 Å². The summed E-state index contributed by atoms with van der Waals surface area (Å²) in [6.07, 6.45) is 2.40. The molecule has 1 saturated heterocycles. The monoisotopic (exact) mass is 316 g/mol. The van der Waals surface area contributed by atoms with Crippen LogP contribution in [0.1, 0.15) is 18.4 Å². The summed E-state index contributed by atoms with van der Waals surface area (Å²) in [7, 11) is -3.31. The second-order valence-corrected chi connectivity index (χ2v) is 7.30. The standard InChI is InChI=1S/C13H17ClN2O3S/c1-20(18,19)12-4-2-3-11(14)10(12)8-15-9-5-6-13(17)16-7-9/h2-4,9,15H,5-8H2,1H3,(H,16,17). The number of hydrogen-bond acceptors (Lipinski definition) is 4. The van der Waals surface area contributed by atoms with Crippen molar-refractivity contribution < 1.29 is 13.2 Å². The van der Waals surface area contributed by atoms with Crippen LogP contribution in [0.15, 0.2) is 23.1 Å². The minimum absolute atomic E-state index is 0.0534. The lowest BCUT2D eigenvalue weighted by Crippen LogP contribution is -2.45. The van der Waals surface area contributed by atoms with Crippen LogP contribution in [0.3, 0.4) is 0 Å². The number of nitrogens with one attached hydrogen (secondary N) is 2. The summed E-state index contributed by atoms with van der Waals surface area (Å²) < 4.78 is 23.5. The van der Waals surface area contributed by atoms with Gasteiger partial charge in [-0.1, -0.05) is 17.7 Å². The van der Waals surface area contributed by atoms with Crippen molar-refractivity contribution in [2.75, 3.05) is 12.8 Å². The van der Waals surface area contributed by atoms with E-state index in [0.717, 1.165) is 6.42 Å². The van der Waals surface area contributed by atoms with Crippen LogP contribution >= 0.6 is 11.6 Å². The van der Waals surface area contributed by atoms with Gasteiger partial charge in [-0.15, -0.1) is 0 Å². The summed E-state index contributed by atoms with van der Waals surface area (Å²) in [6.45, 7) is 0.917. The Hall–Kier alpha value is -1.11. The summed E-state index contributed by atoms with van der Waals surface area (Å²) in [4.78, 5) is 11.3. The quantitative estimate of drug-likeness (QED) is 0.872. The van der Waals surface area contributed by atoms with Gasteiger partial charge in [0, 0.05) is 42.4 Å². The van der Waals surface area contributed by atoms with Crippen molar-refractivity contribution in [1.82, 2.24) is 10.6 Å². The fourth-order valence-corrected chi connectivity index (χ4v) is 3.46. The number of piperidine rings is 1. The fraction of sp³-hybridized carbons (Fsp3) is 0.462. The molecule has 1 amide bonds. The molecule has 0 aliphatic carbocycles. The van der Waals surface area contributed by atoms with Gasteiger partial charge in [0.15, 0.2) is 9.84 Å². The van der Waals surface area contributed by atoms with Crippen LogP contribution in [-0.4, -0.2) is 33.2 Å². The summed E-state index contributed by atoms with van der Waals surface area (Å²) in [6, 6.07) is 5.00. The molecule has 0 spiro atoms. The van der Waals surface area contributed by atoms with Crippen LogP contribution in [0.5, 0.6) is 0 Å². The van der Waals surface area contributed by atoms with Gasteiger partial charge in [-0.25, -0.2) is 8.42 Å². The molecule has 5 nitrogen and oxygen atoms in total. The van der Waals surface area contributed by atoms with E-state index in [1.807, 2.05) is 0 Å². The Morgan fingerprint density at radius 2 is 2.20 bits per heavy atom. The first-order valence-corrected chi connectivity index (χ1v) is 8.62. The summed E-state index contributed by atoms with van der Waals surface area (Å²) in [5.74, 6) is 0.0534. The van der Waals surface area contributed by atoms with Crippen molar-refractivity contribution >= 4 is 27.3 Å². The van der Waals surface area contributed by atoms with E-state index in [0.29, 0.717) is 30.1 Å². The van der Waals surface area contributed by atoms with E-state index >= 15 is 0 Å². The third-order valence-corrected chi connectivity index (χ3v) is 4.84. The molecule has 0 aromatic heterocycles. The summed E-state index contributed by atoms with van der Waals surface area (Å²) in [5.41, 5.74) is 0.577. The molecule has 110 valence electrons. The largest absolute Gasteiger partial charge is 0.355 e. The van der Waals surface area contributed by atoms with Gasteiger partial charge in [-0.2, -0.15) is 0 Å². The maximum atomic E-state index is 11.8. The molecule has 1 heterocycles. The van der Waals surface area contributed by atoms with E-state index < -0.39 is 9.84 Å². The number of carbonyl (C=O) groups excluding carboxylic acids is 1. The van der Waals surface area contributed by atoms with Crippen molar-refractivity contribution in [3.05, 3.63) is 28.8 Å². The number of amides is 1. The van der Waals surface area contributed by atoms with E-state index in [4.69, 9.17) is 11.6 Å². The Bertz CT molecular complexity index is 606. The minimum atomic E-state index is -3.31. The normalized spacial score (nSPS) is 19.7. The molecular weight excluding hydrogens is 300 g/mol. The first-order valence-electron chi connectivity index (χ1n) is 6.35. The smallest absolute Gasteiger partial charge is 0.220 e. The van der Waals surface area contributed by atoms with Gasteiger partial charge in [0.2, 0.25) is 5.91 Å². The zero-order valence-electron chi connectivity index (χ0n) is 11.1. The lowest BCUT2D eigenvalue weighted by atomic mass is 10.1. The Balaban J connectivity index is 2.11. The molecule has 0 saturated carbocycles. The third-order valence-electron chi connectivity index (χ3n) is 3.31. The summed E-state index contributed by atoms with van der Waals surface area (Å²) >= 11 is 6.10. The van der Waals surface area contributed by atoms with Crippen LogP contribution in [0.2, 0.25) is 5.02 Å². The second kappa shape index (κ2) is 6.11. The number of halogens is 1. The number of rotatable bonds is 4. The van der Waals surface area contributed by atoms with Gasteiger partial charge in [0.25, 0.3) is 0 Å². The molecule has 0 bridgehead atoms. The third kappa shape index (κ3) is 3.71. The van der Waals surface area contributed by atoms with Crippen molar-refractivity contribution in [2.24, 2.45) is 0 Å². The average Bonchev–Trinajstić information content (AvgIpc) is 2.38. The molecule has 1 aliphatic rings. The number of hydrogen-bond donors (Lipinski definition) is 2. The molecule has 2 N–H and O–H groups in total. The zero-order chi connectivity index (χ0) is 14.8. The maximum absolute atomic E-state index is 11.8. The first-order chi connectivity index (χ1) is 9.38. The van der Waals surface area contributed by atoms with E-state index in [-0.39, 0.29) is 16.8 Å².